The number of rotatable bonds is 11. The molecular weight excluding hydrogens is 471 g/mol. The second-order valence-electron chi connectivity index (χ2n) is 7.82. The summed E-state index contributed by atoms with van der Waals surface area (Å²) in [5.74, 6) is -0.00372. The van der Waals surface area contributed by atoms with Gasteiger partial charge in [-0.15, -0.1) is 0 Å². The van der Waals surface area contributed by atoms with Gasteiger partial charge in [-0.25, -0.2) is 0 Å². The molecular formula is C27H28Cl2N2O3. The zero-order chi connectivity index (χ0) is 24.3. The highest BCUT2D eigenvalue weighted by molar-refractivity contribution is 6.36. The maximum absolute atomic E-state index is 13.5. The second-order valence-corrected chi connectivity index (χ2v) is 8.63. The van der Waals surface area contributed by atoms with Gasteiger partial charge < -0.3 is 15.0 Å². The maximum Gasteiger partial charge on any atom is 0.261 e. The Morgan fingerprint density at radius 3 is 2.15 bits per heavy atom. The van der Waals surface area contributed by atoms with Crippen LogP contribution in [0.2, 0.25) is 10.0 Å². The fourth-order valence-corrected chi connectivity index (χ4v) is 4.04. The Kier molecular flexibility index (Phi) is 9.80. The summed E-state index contributed by atoms with van der Waals surface area (Å²) >= 11 is 12.9. The minimum atomic E-state index is -0.770. The maximum atomic E-state index is 13.5. The van der Waals surface area contributed by atoms with Crippen molar-refractivity contribution in [2.75, 3.05) is 13.2 Å². The molecule has 3 aromatic rings. The Morgan fingerprint density at radius 2 is 1.53 bits per heavy atom. The molecule has 3 aromatic carbocycles. The molecule has 0 aromatic heterocycles. The number of benzene rings is 3. The van der Waals surface area contributed by atoms with E-state index in [1.807, 2.05) is 55.5 Å². The molecule has 0 aliphatic rings. The minimum absolute atomic E-state index is 0.0759. The van der Waals surface area contributed by atoms with Crippen molar-refractivity contribution in [3.05, 3.63) is 100 Å². The first-order chi connectivity index (χ1) is 16.5. The van der Waals surface area contributed by atoms with Crippen molar-refractivity contribution in [1.82, 2.24) is 10.2 Å². The third kappa shape index (κ3) is 7.24. The number of carbonyl (C=O) groups excluding carboxylic acids is 2. The molecule has 34 heavy (non-hydrogen) atoms. The molecule has 178 valence electrons. The highest BCUT2D eigenvalue weighted by Crippen LogP contribution is 2.27. The van der Waals surface area contributed by atoms with Crippen LogP contribution < -0.4 is 10.1 Å². The van der Waals surface area contributed by atoms with Crippen molar-refractivity contribution >= 4 is 35.0 Å². The van der Waals surface area contributed by atoms with E-state index in [-0.39, 0.29) is 25.0 Å². The predicted molar refractivity (Wildman–Crippen MR) is 136 cm³/mol. The summed E-state index contributed by atoms with van der Waals surface area (Å²) in [4.78, 5) is 28.3. The predicted octanol–water partition coefficient (Wildman–Crippen LogP) is 5.54. The van der Waals surface area contributed by atoms with Crippen LogP contribution in [0.1, 0.15) is 24.5 Å². The molecule has 1 N–H and O–H groups in total. The second kappa shape index (κ2) is 13.0. The molecule has 0 saturated heterocycles. The van der Waals surface area contributed by atoms with Crippen molar-refractivity contribution < 1.29 is 14.3 Å². The molecule has 0 spiro atoms. The first kappa shape index (κ1) is 25.6. The molecule has 0 radical (unpaired) electrons. The SMILES string of the molecule is CCCNC(=O)[C@H](Cc1ccccc1)N(Cc1c(Cl)cccc1Cl)C(=O)COc1ccccc1. The van der Waals surface area contributed by atoms with Crippen LogP contribution in [0.3, 0.4) is 0 Å². The van der Waals surface area contributed by atoms with Crippen molar-refractivity contribution in [3.8, 4) is 5.75 Å². The third-order valence-electron chi connectivity index (χ3n) is 5.32. The van der Waals surface area contributed by atoms with Crippen LogP contribution in [-0.4, -0.2) is 35.9 Å². The first-order valence-corrected chi connectivity index (χ1v) is 12.0. The average Bonchev–Trinajstić information content (AvgIpc) is 2.86. The lowest BCUT2D eigenvalue weighted by atomic mass is 10.0. The van der Waals surface area contributed by atoms with Crippen LogP contribution in [0.5, 0.6) is 5.75 Å². The van der Waals surface area contributed by atoms with Gasteiger partial charge in [0.2, 0.25) is 5.91 Å². The molecule has 0 bridgehead atoms. The van der Waals surface area contributed by atoms with Crippen molar-refractivity contribution in [1.29, 1.82) is 0 Å². The number of amides is 2. The van der Waals surface area contributed by atoms with E-state index in [2.05, 4.69) is 5.32 Å². The molecule has 5 nitrogen and oxygen atoms in total. The zero-order valence-electron chi connectivity index (χ0n) is 19.0. The lowest BCUT2D eigenvalue weighted by Crippen LogP contribution is -2.51. The summed E-state index contributed by atoms with van der Waals surface area (Å²) < 4.78 is 5.72. The number of ether oxygens (including phenoxy) is 1. The van der Waals surface area contributed by atoms with Gasteiger partial charge in [0.25, 0.3) is 5.91 Å². The minimum Gasteiger partial charge on any atom is -0.484 e. The van der Waals surface area contributed by atoms with Crippen LogP contribution in [-0.2, 0) is 22.6 Å². The first-order valence-electron chi connectivity index (χ1n) is 11.2. The standard InChI is InChI=1S/C27H28Cl2N2O3/c1-2-16-30-27(33)25(17-20-10-5-3-6-11-20)31(18-22-23(28)14-9-15-24(22)29)26(32)19-34-21-12-7-4-8-13-21/h3-15,25H,2,16-19H2,1H3,(H,30,33)/t25-/m0/s1. The van der Waals surface area contributed by atoms with Gasteiger partial charge in [-0.2, -0.15) is 0 Å². The molecule has 7 heteroatoms. The van der Waals surface area contributed by atoms with E-state index in [1.165, 1.54) is 4.90 Å². The molecule has 2 amide bonds. The number of nitrogens with one attached hydrogen (secondary N) is 1. The largest absolute Gasteiger partial charge is 0.484 e. The topological polar surface area (TPSA) is 58.6 Å². The lowest BCUT2D eigenvalue weighted by molar-refractivity contribution is -0.142. The van der Waals surface area contributed by atoms with Gasteiger partial charge in [0.05, 0.1) is 0 Å². The fraction of sp³-hybridized carbons (Fsp3) is 0.259. The Morgan fingerprint density at radius 1 is 0.912 bits per heavy atom. The molecule has 0 heterocycles. The highest BCUT2D eigenvalue weighted by Gasteiger charge is 2.31. The Hall–Kier alpha value is -3.02. The molecule has 1 atom stereocenters. The van der Waals surface area contributed by atoms with E-state index < -0.39 is 6.04 Å². The van der Waals surface area contributed by atoms with E-state index in [1.54, 1.807) is 30.3 Å². The van der Waals surface area contributed by atoms with Crippen molar-refractivity contribution in [2.24, 2.45) is 0 Å². The molecule has 3 rings (SSSR count). The highest BCUT2D eigenvalue weighted by atomic mass is 35.5. The smallest absolute Gasteiger partial charge is 0.261 e. The van der Waals surface area contributed by atoms with Gasteiger partial charge in [0, 0.05) is 35.1 Å². The van der Waals surface area contributed by atoms with Gasteiger partial charge in [-0.05, 0) is 36.2 Å². The normalized spacial score (nSPS) is 11.5. The number of nitrogens with zero attached hydrogens (tertiary/aromatic N) is 1. The van der Waals surface area contributed by atoms with Gasteiger partial charge in [0.1, 0.15) is 11.8 Å². The molecule has 0 saturated carbocycles. The Labute approximate surface area is 210 Å². The summed E-state index contributed by atoms with van der Waals surface area (Å²) in [7, 11) is 0. The van der Waals surface area contributed by atoms with Crippen molar-refractivity contribution in [2.45, 2.75) is 32.4 Å². The molecule has 0 aliphatic carbocycles. The lowest BCUT2D eigenvalue weighted by Gasteiger charge is -2.32. The summed E-state index contributed by atoms with van der Waals surface area (Å²) in [6.45, 7) is 2.34. The summed E-state index contributed by atoms with van der Waals surface area (Å²) in [6.07, 6.45) is 1.13. The Bertz CT molecular complexity index is 1060. The number of para-hydroxylation sites is 1. The van der Waals surface area contributed by atoms with Crippen LogP contribution >= 0.6 is 23.2 Å². The van der Waals surface area contributed by atoms with E-state index >= 15 is 0 Å². The van der Waals surface area contributed by atoms with Crippen LogP contribution in [0.15, 0.2) is 78.9 Å². The molecule has 0 aliphatic heterocycles. The average molecular weight is 499 g/mol. The molecule has 0 unspecified atom stereocenters. The van der Waals surface area contributed by atoms with E-state index in [4.69, 9.17) is 27.9 Å². The van der Waals surface area contributed by atoms with Crippen molar-refractivity contribution in [3.63, 3.8) is 0 Å². The van der Waals surface area contributed by atoms with E-state index in [0.717, 1.165) is 12.0 Å². The molecule has 0 fully saturated rings. The number of hydrogen-bond donors (Lipinski definition) is 1. The van der Waals surface area contributed by atoms with Gasteiger partial charge in [-0.1, -0.05) is 84.7 Å². The number of halogens is 2. The van der Waals surface area contributed by atoms with Gasteiger partial charge in [-0.3, -0.25) is 9.59 Å². The Balaban J connectivity index is 1.93. The quantitative estimate of drug-likeness (QED) is 0.377. The van der Waals surface area contributed by atoms with Gasteiger partial charge in [0.15, 0.2) is 6.61 Å². The van der Waals surface area contributed by atoms with Crippen LogP contribution in [0, 0.1) is 0 Å². The summed E-state index contributed by atoms with van der Waals surface area (Å²) in [5, 5.41) is 3.80. The van der Waals surface area contributed by atoms with Crippen LogP contribution in [0.25, 0.3) is 0 Å². The number of hydrogen-bond acceptors (Lipinski definition) is 3. The summed E-state index contributed by atoms with van der Waals surface area (Å²) in [5.41, 5.74) is 1.52. The monoisotopic (exact) mass is 498 g/mol. The fourth-order valence-electron chi connectivity index (χ4n) is 3.52. The van der Waals surface area contributed by atoms with E-state index in [9.17, 15) is 9.59 Å². The number of carbonyl (C=O) groups is 2. The third-order valence-corrected chi connectivity index (χ3v) is 6.02. The van der Waals surface area contributed by atoms with Crippen LogP contribution in [0.4, 0.5) is 0 Å². The van der Waals surface area contributed by atoms with Gasteiger partial charge >= 0.3 is 0 Å². The zero-order valence-corrected chi connectivity index (χ0v) is 20.6. The summed E-state index contributed by atoms with van der Waals surface area (Å²) in [6, 6.07) is 23.1. The van der Waals surface area contributed by atoms with E-state index in [0.29, 0.717) is 34.3 Å².